The van der Waals surface area contributed by atoms with Crippen molar-refractivity contribution in [1.82, 2.24) is 9.29 Å². The molecule has 0 saturated heterocycles. The third kappa shape index (κ3) is 4.68. The van der Waals surface area contributed by atoms with Crippen molar-refractivity contribution in [3.05, 3.63) is 24.3 Å². The maximum atomic E-state index is 12.0. The van der Waals surface area contributed by atoms with Gasteiger partial charge in [-0.2, -0.15) is 5.26 Å². The molecule has 0 atom stereocenters. The lowest BCUT2D eigenvalue weighted by atomic mass is 10.3. The molecule has 1 aromatic heterocycles. The molecule has 1 aromatic carbocycles. The first-order valence-electron chi connectivity index (χ1n) is 6.82. The molecule has 0 spiro atoms. The molecule has 118 valence electrons. The predicted octanol–water partition coefficient (Wildman–Crippen LogP) is 2.95. The summed E-state index contributed by atoms with van der Waals surface area (Å²) in [5, 5.41) is 8.50. The highest BCUT2D eigenvalue weighted by Crippen LogP contribution is 2.29. The molecular formula is C14H17N3O2S3. The van der Waals surface area contributed by atoms with E-state index in [4.69, 9.17) is 5.26 Å². The molecule has 0 bridgehead atoms. The molecule has 0 aliphatic heterocycles. The summed E-state index contributed by atoms with van der Waals surface area (Å²) in [5.41, 5.74) is 0.985. The van der Waals surface area contributed by atoms with Crippen LogP contribution in [-0.4, -0.2) is 42.8 Å². The molecule has 22 heavy (non-hydrogen) atoms. The van der Waals surface area contributed by atoms with Crippen LogP contribution in [0, 0.1) is 11.3 Å². The Kier molecular flexibility index (Phi) is 6.20. The number of nitriles is 1. The fourth-order valence-electron chi connectivity index (χ4n) is 1.82. The van der Waals surface area contributed by atoms with E-state index in [0.29, 0.717) is 12.2 Å². The summed E-state index contributed by atoms with van der Waals surface area (Å²) < 4.78 is 27.3. The summed E-state index contributed by atoms with van der Waals surface area (Å²) >= 11 is 3.22. The summed E-state index contributed by atoms with van der Waals surface area (Å²) in [4.78, 5) is 4.51. The van der Waals surface area contributed by atoms with Crippen LogP contribution < -0.4 is 0 Å². The maximum absolute atomic E-state index is 12.0. The zero-order valence-electron chi connectivity index (χ0n) is 12.2. The van der Waals surface area contributed by atoms with Crippen LogP contribution in [0.5, 0.6) is 0 Å². The van der Waals surface area contributed by atoms with Gasteiger partial charge in [0.15, 0.2) is 4.34 Å². The first-order valence-corrected chi connectivity index (χ1v) is 10.2. The Labute approximate surface area is 139 Å². The summed E-state index contributed by atoms with van der Waals surface area (Å²) in [6.07, 6.45) is 0.788. The van der Waals surface area contributed by atoms with Gasteiger partial charge in [0.1, 0.15) is 0 Å². The Balaban J connectivity index is 1.80. The zero-order chi connectivity index (χ0) is 16.0. The van der Waals surface area contributed by atoms with E-state index in [2.05, 4.69) is 4.98 Å². The van der Waals surface area contributed by atoms with Crippen LogP contribution in [0.3, 0.4) is 0 Å². The SMILES string of the molecule is CN(CCC#N)S(=O)(=O)CCCSc1nc2ccccc2s1. The molecule has 2 rings (SSSR count). The highest BCUT2D eigenvalue weighted by Gasteiger charge is 2.16. The van der Waals surface area contributed by atoms with E-state index >= 15 is 0 Å². The molecule has 2 aromatic rings. The molecule has 0 N–H and O–H groups in total. The van der Waals surface area contributed by atoms with Crippen molar-refractivity contribution in [2.45, 2.75) is 17.2 Å². The number of thiazole rings is 1. The van der Waals surface area contributed by atoms with Crippen LogP contribution in [0.15, 0.2) is 28.6 Å². The lowest BCUT2D eigenvalue weighted by molar-refractivity contribution is 0.476. The van der Waals surface area contributed by atoms with E-state index in [1.165, 1.54) is 11.4 Å². The molecule has 0 unspecified atom stereocenters. The standard InChI is InChI=1S/C14H17N3O2S3/c1-17(9-4-8-15)22(18,19)11-5-10-20-14-16-12-6-2-3-7-13(12)21-14/h2-3,6-7H,4-5,9-11H2,1H3. The Bertz CT molecular complexity index is 732. The average Bonchev–Trinajstić information content (AvgIpc) is 2.91. The van der Waals surface area contributed by atoms with Gasteiger partial charge < -0.3 is 0 Å². The van der Waals surface area contributed by atoms with E-state index in [0.717, 1.165) is 14.6 Å². The normalized spacial score (nSPS) is 11.9. The van der Waals surface area contributed by atoms with Gasteiger partial charge in [-0.15, -0.1) is 11.3 Å². The molecular weight excluding hydrogens is 338 g/mol. The molecule has 0 amide bonds. The van der Waals surface area contributed by atoms with Gasteiger partial charge in [-0.1, -0.05) is 23.9 Å². The number of hydrogen-bond donors (Lipinski definition) is 0. The lowest BCUT2D eigenvalue weighted by Gasteiger charge is -2.15. The molecule has 0 fully saturated rings. The van der Waals surface area contributed by atoms with Crippen LogP contribution in [0.1, 0.15) is 12.8 Å². The number of rotatable bonds is 8. The highest BCUT2D eigenvalue weighted by molar-refractivity contribution is 8.01. The molecule has 5 nitrogen and oxygen atoms in total. The van der Waals surface area contributed by atoms with E-state index in [1.54, 1.807) is 23.1 Å². The van der Waals surface area contributed by atoms with Crippen molar-refractivity contribution in [2.75, 3.05) is 25.1 Å². The second-order valence-electron chi connectivity index (χ2n) is 4.70. The van der Waals surface area contributed by atoms with Crippen LogP contribution >= 0.6 is 23.1 Å². The average molecular weight is 356 g/mol. The molecule has 1 heterocycles. The third-order valence-corrected chi connectivity index (χ3v) is 7.26. The minimum atomic E-state index is -3.26. The quantitative estimate of drug-likeness (QED) is 0.537. The minimum Gasteiger partial charge on any atom is -0.230 e. The third-order valence-electron chi connectivity index (χ3n) is 3.06. The summed E-state index contributed by atoms with van der Waals surface area (Å²) in [6.45, 7) is 0.254. The number of hydrogen-bond acceptors (Lipinski definition) is 6. The number of fused-ring (bicyclic) bond motifs is 1. The van der Waals surface area contributed by atoms with Gasteiger partial charge in [-0.05, 0) is 18.6 Å². The number of benzene rings is 1. The topological polar surface area (TPSA) is 74.1 Å². The fourth-order valence-corrected chi connectivity index (χ4v) is 5.27. The van der Waals surface area contributed by atoms with Crippen LogP contribution in [0.4, 0.5) is 0 Å². The zero-order valence-corrected chi connectivity index (χ0v) is 14.7. The number of nitrogens with zero attached hydrogens (tertiary/aromatic N) is 3. The molecule has 8 heteroatoms. The van der Waals surface area contributed by atoms with Crippen molar-refractivity contribution in [1.29, 1.82) is 5.26 Å². The van der Waals surface area contributed by atoms with Gasteiger partial charge in [-0.25, -0.2) is 17.7 Å². The monoisotopic (exact) mass is 355 g/mol. The van der Waals surface area contributed by atoms with Gasteiger partial charge in [-0.3, -0.25) is 0 Å². The predicted molar refractivity (Wildman–Crippen MR) is 91.6 cm³/mol. The van der Waals surface area contributed by atoms with Crippen molar-refractivity contribution >= 4 is 43.3 Å². The number of sulfonamides is 1. The van der Waals surface area contributed by atoms with Gasteiger partial charge in [0.25, 0.3) is 0 Å². The smallest absolute Gasteiger partial charge is 0.213 e. The molecule has 0 radical (unpaired) electrons. The second-order valence-corrected chi connectivity index (χ2v) is 9.26. The van der Waals surface area contributed by atoms with Crippen molar-refractivity contribution in [3.8, 4) is 6.07 Å². The summed E-state index contributed by atoms with van der Waals surface area (Å²) in [6, 6.07) is 9.91. The van der Waals surface area contributed by atoms with E-state index in [1.807, 2.05) is 30.3 Å². The Hall–Kier alpha value is -1.14. The van der Waals surface area contributed by atoms with Crippen LogP contribution in [0.25, 0.3) is 10.2 Å². The van der Waals surface area contributed by atoms with E-state index in [9.17, 15) is 8.42 Å². The van der Waals surface area contributed by atoms with Gasteiger partial charge >= 0.3 is 0 Å². The Morgan fingerprint density at radius 2 is 2.18 bits per heavy atom. The van der Waals surface area contributed by atoms with E-state index in [-0.39, 0.29) is 18.7 Å². The lowest BCUT2D eigenvalue weighted by Crippen LogP contribution is -2.30. The van der Waals surface area contributed by atoms with Crippen LogP contribution in [-0.2, 0) is 10.0 Å². The number of para-hydroxylation sites is 1. The van der Waals surface area contributed by atoms with Gasteiger partial charge in [0.2, 0.25) is 10.0 Å². The van der Waals surface area contributed by atoms with Crippen molar-refractivity contribution < 1.29 is 8.42 Å². The molecule has 0 aliphatic carbocycles. The largest absolute Gasteiger partial charge is 0.230 e. The summed E-state index contributed by atoms with van der Waals surface area (Å²) in [7, 11) is -1.74. The Morgan fingerprint density at radius 3 is 2.91 bits per heavy atom. The maximum Gasteiger partial charge on any atom is 0.213 e. The first kappa shape index (κ1) is 17.2. The van der Waals surface area contributed by atoms with Gasteiger partial charge in [0.05, 0.1) is 22.0 Å². The van der Waals surface area contributed by atoms with Crippen molar-refractivity contribution in [2.24, 2.45) is 0 Å². The highest BCUT2D eigenvalue weighted by atomic mass is 32.2. The second kappa shape index (κ2) is 7.92. The number of thioether (sulfide) groups is 1. The summed E-state index contributed by atoms with van der Waals surface area (Å²) in [5.74, 6) is 0.817. The minimum absolute atomic E-state index is 0.104. The Morgan fingerprint density at radius 1 is 1.41 bits per heavy atom. The number of aromatic nitrogens is 1. The molecule has 0 saturated carbocycles. The van der Waals surface area contributed by atoms with E-state index < -0.39 is 10.0 Å². The van der Waals surface area contributed by atoms with Crippen LogP contribution in [0.2, 0.25) is 0 Å². The fraction of sp³-hybridized carbons (Fsp3) is 0.429. The molecule has 0 aliphatic rings. The first-order chi connectivity index (χ1) is 10.5. The van der Waals surface area contributed by atoms with Crippen molar-refractivity contribution in [3.63, 3.8) is 0 Å². The van der Waals surface area contributed by atoms with Gasteiger partial charge in [0, 0.05) is 25.8 Å².